The minimum atomic E-state index is -0.863. The zero-order valence-electron chi connectivity index (χ0n) is 14.0. The summed E-state index contributed by atoms with van der Waals surface area (Å²) in [6.45, 7) is 2.81. The van der Waals surface area contributed by atoms with Crippen LogP contribution in [0.1, 0.15) is 39.0 Å². The summed E-state index contributed by atoms with van der Waals surface area (Å²) in [5, 5.41) is 11.8. The summed E-state index contributed by atoms with van der Waals surface area (Å²) in [4.78, 5) is 42.7. The van der Waals surface area contributed by atoms with Gasteiger partial charge in [-0.25, -0.2) is 9.79 Å². The average Bonchev–Trinajstić information content (AvgIpc) is 2.88. The van der Waals surface area contributed by atoms with Crippen molar-refractivity contribution in [3.05, 3.63) is 0 Å². The zero-order chi connectivity index (χ0) is 17.7. The number of fused-ring (bicyclic) bond motifs is 1. The maximum absolute atomic E-state index is 12.3. The summed E-state index contributed by atoms with van der Waals surface area (Å²) in [6.07, 6.45) is 3.74. The first-order valence-electron chi connectivity index (χ1n) is 8.22. The van der Waals surface area contributed by atoms with Gasteiger partial charge >= 0.3 is 12.0 Å². The number of carbonyl (C=O) groups excluding carboxylic acids is 2. The van der Waals surface area contributed by atoms with E-state index in [0.717, 1.165) is 25.7 Å². The molecule has 0 bridgehead atoms. The number of amidine groups is 1. The van der Waals surface area contributed by atoms with Crippen LogP contribution in [0.15, 0.2) is 4.99 Å². The molecule has 2 rings (SSSR count). The molecule has 2 atom stereocenters. The maximum Gasteiger partial charge on any atom is 0.325 e. The van der Waals surface area contributed by atoms with Crippen LogP contribution in [0.4, 0.5) is 4.79 Å². The van der Waals surface area contributed by atoms with E-state index < -0.39 is 24.2 Å². The number of hydrogen-bond donors (Lipinski definition) is 2. The minimum Gasteiger partial charge on any atom is -0.481 e. The molecule has 2 heterocycles. The molecule has 0 aliphatic carbocycles. The van der Waals surface area contributed by atoms with E-state index in [1.54, 1.807) is 7.05 Å². The van der Waals surface area contributed by atoms with Crippen molar-refractivity contribution in [2.45, 2.75) is 51.2 Å². The van der Waals surface area contributed by atoms with E-state index >= 15 is 0 Å². The molecule has 1 fully saturated rings. The van der Waals surface area contributed by atoms with Crippen LogP contribution in [-0.4, -0.2) is 69.5 Å². The number of imide groups is 1. The molecule has 3 amide bonds. The fourth-order valence-corrected chi connectivity index (χ4v) is 3.81. The van der Waals surface area contributed by atoms with Gasteiger partial charge < -0.3 is 14.9 Å². The summed E-state index contributed by atoms with van der Waals surface area (Å²) in [5.74, 6) is -0.813. The normalized spacial score (nSPS) is 23.2. The molecule has 24 heavy (non-hydrogen) atoms. The molecular formula is C15H24N4O4S. The number of aliphatic imine (C=N–C) groups is 1. The number of amides is 3. The molecule has 0 aromatic rings. The Balaban J connectivity index is 2.09. The number of urea groups is 1. The number of nitrogens with zero attached hydrogens (tertiary/aromatic N) is 3. The molecule has 1 saturated heterocycles. The van der Waals surface area contributed by atoms with Crippen molar-refractivity contribution >= 4 is 34.8 Å². The fraction of sp³-hybridized carbons (Fsp3) is 0.733. The van der Waals surface area contributed by atoms with E-state index in [1.807, 2.05) is 4.90 Å². The van der Waals surface area contributed by atoms with Crippen LogP contribution >= 0.6 is 11.8 Å². The number of thioether (sulfide) groups is 1. The Morgan fingerprint density at radius 3 is 2.75 bits per heavy atom. The molecule has 0 radical (unpaired) electrons. The Labute approximate surface area is 145 Å². The number of hydrogen-bond acceptors (Lipinski definition) is 6. The number of unbranched alkanes of at least 4 members (excludes halogenated alkanes) is 3. The van der Waals surface area contributed by atoms with Gasteiger partial charge in [-0.1, -0.05) is 37.9 Å². The maximum atomic E-state index is 12.3. The van der Waals surface area contributed by atoms with E-state index in [4.69, 9.17) is 5.11 Å². The third kappa shape index (κ3) is 4.19. The van der Waals surface area contributed by atoms with Gasteiger partial charge in [0.05, 0.1) is 6.42 Å². The lowest BCUT2D eigenvalue weighted by molar-refractivity contribution is -0.136. The van der Waals surface area contributed by atoms with Gasteiger partial charge in [-0.15, -0.1) is 0 Å². The molecule has 134 valence electrons. The van der Waals surface area contributed by atoms with Crippen molar-refractivity contribution in [1.82, 2.24) is 15.1 Å². The van der Waals surface area contributed by atoms with Crippen LogP contribution < -0.4 is 5.32 Å². The van der Waals surface area contributed by atoms with Crippen LogP contribution in [-0.2, 0) is 9.59 Å². The molecular weight excluding hydrogens is 332 g/mol. The summed E-state index contributed by atoms with van der Waals surface area (Å²) in [7, 11) is 1.61. The van der Waals surface area contributed by atoms with Gasteiger partial charge in [-0.2, -0.15) is 0 Å². The smallest absolute Gasteiger partial charge is 0.325 e. The SMILES string of the molecule is CCCCCCN1C(SCCC(=O)O)=NC2C1C(=O)NC(=O)N2C. The Kier molecular flexibility index (Phi) is 6.47. The number of aliphatic carboxylic acids is 1. The summed E-state index contributed by atoms with van der Waals surface area (Å²) < 4.78 is 0. The second-order valence-electron chi connectivity index (χ2n) is 5.92. The highest BCUT2D eigenvalue weighted by Crippen LogP contribution is 2.29. The van der Waals surface area contributed by atoms with Crippen LogP contribution in [0.2, 0.25) is 0 Å². The van der Waals surface area contributed by atoms with Gasteiger partial charge in [-0.3, -0.25) is 14.9 Å². The van der Waals surface area contributed by atoms with Crippen LogP contribution in [0.25, 0.3) is 0 Å². The molecule has 2 N–H and O–H groups in total. The molecule has 0 aromatic carbocycles. The quantitative estimate of drug-likeness (QED) is 0.636. The molecule has 9 heteroatoms. The number of carbonyl (C=O) groups is 3. The van der Waals surface area contributed by atoms with Crippen molar-refractivity contribution < 1.29 is 19.5 Å². The second-order valence-corrected chi connectivity index (χ2v) is 6.98. The molecule has 8 nitrogen and oxygen atoms in total. The Bertz CT molecular complexity index is 540. The predicted octanol–water partition coefficient (Wildman–Crippen LogP) is 1.32. The number of carboxylic acids is 1. The first kappa shape index (κ1) is 18.6. The zero-order valence-corrected chi connectivity index (χ0v) is 14.8. The van der Waals surface area contributed by atoms with E-state index in [-0.39, 0.29) is 12.3 Å². The fourth-order valence-electron chi connectivity index (χ4n) is 2.79. The van der Waals surface area contributed by atoms with Gasteiger partial charge in [0.2, 0.25) is 0 Å². The Morgan fingerprint density at radius 1 is 1.33 bits per heavy atom. The van der Waals surface area contributed by atoms with Crippen molar-refractivity contribution in [2.75, 3.05) is 19.3 Å². The van der Waals surface area contributed by atoms with Gasteiger partial charge in [0, 0.05) is 19.3 Å². The van der Waals surface area contributed by atoms with Crippen LogP contribution in [0.5, 0.6) is 0 Å². The number of nitrogens with one attached hydrogen (secondary N) is 1. The van der Waals surface area contributed by atoms with Crippen LogP contribution in [0.3, 0.4) is 0 Å². The number of rotatable bonds is 8. The standard InChI is InChI=1S/C15H24N4O4S/c1-3-4-5-6-8-19-11-12(18(2)14(23)17-13(11)22)16-15(19)24-9-7-10(20)21/h11-12H,3-9H2,1-2H3,(H,20,21)(H,17,22,23). The largest absolute Gasteiger partial charge is 0.481 e. The highest BCUT2D eigenvalue weighted by Gasteiger charge is 2.48. The lowest BCUT2D eigenvalue weighted by atomic mass is 10.1. The lowest BCUT2D eigenvalue weighted by Crippen LogP contribution is -2.63. The second kappa shape index (κ2) is 8.36. The van der Waals surface area contributed by atoms with Crippen LogP contribution in [0, 0.1) is 0 Å². The van der Waals surface area contributed by atoms with Crippen molar-refractivity contribution in [2.24, 2.45) is 4.99 Å². The molecule has 0 saturated carbocycles. The molecule has 0 spiro atoms. The van der Waals surface area contributed by atoms with E-state index in [1.165, 1.54) is 16.7 Å². The predicted molar refractivity (Wildman–Crippen MR) is 91.9 cm³/mol. The van der Waals surface area contributed by atoms with E-state index in [0.29, 0.717) is 17.5 Å². The number of carboxylic acid groups (broad SMARTS) is 1. The first-order valence-corrected chi connectivity index (χ1v) is 9.21. The van der Waals surface area contributed by atoms with Gasteiger partial charge in [0.15, 0.2) is 17.4 Å². The highest BCUT2D eigenvalue weighted by molar-refractivity contribution is 8.13. The van der Waals surface area contributed by atoms with E-state index in [9.17, 15) is 14.4 Å². The number of likely N-dealkylation sites (N-methyl/N-ethyl adjacent to an activating group) is 1. The van der Waals surface area contributed by atoms with Crippen molar-refractivity contribution in [1.29, 1.82) is 0 Å². The summed E-state index contributed by atoms with van der Waals surface area (Å²) in [6, 6.07) is -0.977. The summed E-state index contributed by atoms with van der Waals surface area (Å²) >= 11 is 1.33. The topological polar surface area (TPSA) is 102 Å². The monoisotopic (exact) mass is 356 g/mol. The molecule has 2 aliphatic heterocycles. The molecule has 2 aliphatic rings. The average molecular weight is 356 g/mol. The Morgan fingerprint density at radius 2 is 2.08 bits per heavy atom. The van der Waals surface area contributed by atoms with Gasteiger partial charge in [0.1, 0.15) is 0 Å². The highest BCUT2D eigenvalue weighted by atomic mass is 32.2. The molecule has 0 aromatic heterocycles. The third-order valence-electron chi connectivity index (χ3n) is 4.12. The summed E-state index contributed by atoms with van der Waals surface area (Å²) in [5.41, 5.74) is 0. The Hall–Kier alpha value is -1.77. The van der Waals surface area contributed by atoms with Crippen molar-refractivity contribution in [3.63, 3.8) is 0 Å². The minimum absolute atomic E-state index is 0.0314. The van der Waals surface area contributed by atoms with Gasteiger partial charge in [0.25, 0.3) is 5.91 Å². The van der Waals surface area contributed by atoms with E-state index in [2.05, 4.69) is 17.2 Å². The lowest BCUT2D eigenvalue weighted by Gasteiger charge is -2.36. The van der Waals surface area contributed by atoms with Gasteiger partial charge in [-0.05, 0) is 6.42 Å². The third-order valence-corrected chi connectivity index (χ3v) is 5.13. The molecule has 2 unspecified atom stereocenters. The first-order chi connectivity index (χ1) is 11.5. The van der Waals surface area contributed by atoms with Crippen molar-refractivity contribution in [3.8, 4) is 0 Å².